The summed E-state index contributed by atoms with van der Waals surface area (Å²) in [6.45, 7) is 9.87. The molecular formula is C38H52N8O3. The number of likely N-dealkylation sites (N-methyl/N-ethyl adjacent to an activating group) is 1. The number of benzene rings is 2. The van der Waals surface area contributed by atoms with Crippen molar-refractivity contribution in [3.05, 3.63) is 59.3 Å². The second-order valence-electron chi connectivity index (χ2n) is 14.6. The summed E-state index contributed by atoms with van der Waals surface area (Å²) in [7, 11) is 2.18. The molecule has 5 heterocycles. The van der Waals surface area contributed by atoms with Gasteiger partial charge in [-0.15, -0.1) is 0 Å². The molecule has 11 heteroatoms. The zero-order valence-electron chi connectivity index (χ0n) is 29.2. The molecule has 1 unspecified atom stereocenters. The van der Waals surface area contributed by atoms with Gasteiger partial charge in [-0.25, -0.2) is 4.79 Å². The Morgan fingerprint density at radius 3 is 2.37 bits per heavy atom. The van der Waals surface area contributed by atoms with Gasteiger partial charge in [-0.2, -0.15) is 5.10 Å². The molecule has 4 aliphatic heterocycles. The molecule has 0 saturated carbocycles. The standard InChI is InChI=1S/C38H52N8O3/c1-3-28-22-27(24-31-26-39-41-36(28)31)23-30(37(48)45-15-9-32(10-16-45)43-20-18-42(2)19-21-43)25-35(47)44-13-11-33(12-14-44)46-17-8-29-6-4-5-7-34(29)40-38(46)49/h4-7,22,24,26,30,32-33H,3,8-21,23,25H2,1-2H3,(H,39,41)(H,40,49). The first-order chi connectivity index (χ1) is 23.9. The van der Waals surface area contributed by atoms with E-state index >= 15 is 0 Å². The number of aryl methyl sites for hydroxylation is 1. The molecule has 4 aliphatic rings. The Labute approximate surface area is 290 Å². The van der Waals surface area contributed by atoms with Crippen molar-refractivity contribution in [2.45, 2.75) is 70.4 Å². The molecule has 4 amide bonds. The summed E-state index contributed by atoms with van der Waals surface area (Å²) in [6, 6.07) is 12.9. The number of carbonyl (C=O) groups is 3. The summed E-state index contributed by atoms with van der Waals surface area (Å²) in [5.74, 6) is -0.280. The molecule has 0 spiro atoms. The lowest BCUT2D eigenvalue weighted by Crippen LogP contribution is -2.53. The van der Waals surface area contributed by atoms with Gasteiger partial charge < -0.3 is 24.9 Å². The van der Waals surface area contributed by atoms with E-state index in [2.05, 4.69) is 57.5 Å². The van der Waals surface area contributed by atoms with Crippen LogP contribution in [0.2, 0.25) is 0 Å². The van der Waals surface area contributed by atoms with Gasteiger partial charge in [-0.1, -0.05) is 31.2 Å². The van der Waals surface area contributed by atoms with Crippen molar-refractivity contribution in [1.82, 2.24) is 34.7 Å². The van der Waals surface area contributed by atoms with E-state index in [1.165, 1.54) is 5.56 Å². The third-order valence-corrected chi connectivity index (χ3v) is 11.6. The van der Waals surface area contributed by atoms with Crippen molar-refractivity contribution in [3.63, 3.8) is 0 Å². The van der Waals surface area contributed by atoms with Crippen LogP contribution in [-0.4, -0.2) is 131 Å². The fraction of sp³-hybridized carbons (Fsp3) is 0.579. The van der Waals surface area contributed by atoms with E-state index in [4.69, 9.17) is 0 Å². The average Bonchev–Trinajstić information content (AvgIpc) is 3.54. The normalized spacial score (nSPS) is 21.0. The van der Waals surface area contributed by atoms with E-state index in [-0.39, 0.29) is 30.3 Å². The minimum atomic E-state index is -0.422. The molecule has 3 fully saturated rings. The number of para-hydroxylation sites is 1. The van der Waals surface area contributed by atoms with E-state index in [0.717, 1.165) is 106 Å². The topological polar surface area (TPSA) is 108 Å². The first-order valence-corrected chi connectivity index (χ1v) is 18.5. The smallest absolute Gasteiger partial charge is 0.322 e. The number of piperazine rings is 1. The third kappa shape index (κ3) is 7.48. The van der Waals surface area contributed by atoms with Crippen LogP contribution in [0, 0.1) is 5.92 Å². The van der Waals surface area contributed by atoms with Crippen molar-refractivity contribution >= 4 is 34.4 Å². The summed E-state index contributed by atoms with van der Waals surface area (Å²) in [4.78, 5) is 52.3. The van der Waals surface area contributed by atoms with Crippen LogP contribution in [0.4, 0.5) is 10.5 Å². The van der Waals surface area contributed by atoms with Crippen molar-refractivity contribution in [2.75, 3.05) is 71.3 Å². The molecule has 7 rings (SSSR count). The predicted octanol–water partition coefficient (Wildman–Crippen LogP) is 3.99. The lowest BCUT2D eigenvalue weighted by atomic mass is 9.90. The van der Waals surface area contributed by atoms with Crippen LogP contribution in [-0.2, 0) is 28.9 Å². The second-order valence-corrected chi connectivity index (χ2v) is 14.6. The molecule has 3 aromatic rings. The highest BCUT2D eigenvalue weighted by Crippen LogP contribution is 2.28. The van der Waals surface area contributed by atoms with Gasteiger partial charge >= 0.3 is 6.03 Å². The molecule has 1 atom stereocenters. The number of nitrogens with zero attached hydrogens (tertiary/aromatic N) is 6. The first kappa shape index (κ1) is 33.5. The van der Waals surface area contributed by atoms with Crippen LogP contribution in [0.15, 0.2) is 42.6 Å². The van der Waals surface area contributed by atoms with Crippen LogP contribution < -0.4 is 5.32 Å². The van der Waals surface area contributed by atoms with E-state index < -0.39 is 5.92 Å². The maximum Gasteiger partial charge on any atom is 0.322 e. The third-order valence-electron chi connectivity index (χ3n) is 11.6. The molecule has 0 bridgehead atoms. The van der Waals surface area contributed by atoms with E-state index in [9.17, 15) is 14.4 Å². The zero-order valence-corrected chi connectivity index (χ0v) is 29.2. The Kier molecular flexibility index (Phi) is 10.2. The number of hydrogen-bond donors (Lipinski definition) is 2. The predicted molar refractivity (Wildman–Crippen MR) is 191 cm³/mol. The van der Waals surface area contributed by atoms with Crippen LogP contribution in [0.1, 0.15) is 55.7 Å². The highest BCUT2D eigenvalue weighted by Gasteiger charge is 2.35. The number of rotatable bonds is 8. The fourth-order valence-electron chi connectivity index (χ4n) is 8.53. The monoisotopic (exact) mass is 668 g/mol. The maximum absolute atomic E-state index is 14.3. The number of H-pyrrole nitrogens is 1. The number of fused-ring (bicyclic) bond motifs is 2. The number of carbonyl (C=O) groups excluding carboxylic acids is 3. The summed E-state index contributed by atoms with van der Waals surface area (Å²) in [6.07, 6.45) is 7.70. The number of piperidine rings is 2. The highest BCUT2D eigenvalue weighted by molar-refractivity contribution is 5.91. The number of aromatic amines is 1. The number of likely N-dealkylation sites (tertiary alicyclic amines) is 2. The van der Waals surface area contributed by atoms with Gasteiger partial charge in [0.25, 0.3) is 0 Å². The minimum Gasteiger partial charge on any atom is -0.343 e. The van der Waals surface area contributed by atoms with Gasteiger partial charge in [0.1, 0.15) is 0 Å². The summed E-state index contributed by atoms with van der Waals surface area (Å²) >= 11 is 0. The Hall–Kier alpha value is -3.96. The van der Waals surface area contributed by atoms with Gasteiger partial charge in [0.15, 0.2) is 0 Å². The number of urea groups is 1. The molecule has 2 N–H and O–H groups in total. The number of aromatic nitrogens is 2. The van der Waals surface area contributed by atoms with E-state index in [0.29, 0.717) is 32.1 Å². The summed E-state index contributed by atoms with van der Waals surface area (Å²) < 4.78 is 0. The lowest BCUT2D eigenvalue weighted by molar-refractivity contribution is -0.143. The SMILES string of the molecule is CCc1cc(CC(CC(=O)N2CCC(N3CCc4ccccc4NC3=O)CC2)C(=O)N2CCC(N3CCN(C)CC3)CC2)cc2cn[nH]c12. The first-order valence-electron chi connectivity index (χ1n) is 18.5. The number of amides is 4. The van der Waals surface area contributed by atoms with Gasteiger partial charge in [0, 0.05) is 88.5 Å². The summed E-state index contributed by atoms with van der Waals surface area (Å²) in [5.41, 5.74) is 5.35. The lowest BCUT2D eigenvalue weighted by Gasteiger charge is -2.42. The number of anilines is 1. The second kappa shape index (κ2) is 14.9. The van der Waals surface area contributed by atoms with Crippen molar-refractivity contribution < 1.29 is 14.4 Å². The van der Waals surface area contributed by atoms with Gasteiger partial charge in [0.05, 0.1) is 17.6 Å². The van der Waals surface area contributed by atoms with Crippen LogP contribution in [0.25, 0.3) is 10.9 Å². The Balaban J connectivity index is 1.01. The molecule has 0 aliphatic carbocycles. The number of nitrogens with one attached hydrogen (secondary N) is 2. The number of hydrogen-bond acceptors (Lipinski definition) is 6. The van der Waals surface area contributed by atoms with Gasteiger partial charge in [-0.3, -0.25) is 19.6 Å². The fourth-order valence-corrected chi connectivity index (χ4v) is 8.53. The van der Waals surface area contributed by atoms with E-state index in [1.54, 1.807) is 0 Å². The Morgan fingerprint density at radius 1 is 0.898 bits per heavy atom. The molecule has 11 nitrogen and oxygen atoms in total. The van der Waals surface area contributed by atoms with Crippen molar-refractivity contribution in [1.29, 1.82) is 0 Å². The maximum atomic E-state index is 14.3. The van der Waals surface area contributed by atoms with Gasteiger partial charge in [-0.05, 0) is 80.8 Å². The van der Waals surface area contributed by atoms with Crippen LogP contribution >= 0.6 is 0 Å². The zero-order chi connectivity index (χ0) is 33.9. The van der Waals surface area contributed by atoms with Gasteiger partial charge in [0.2, 0.25) is 11.8 Å². The van der Waals surface area contributed by atoms with Crippen molar-refractivity contribution in [3.8, 4) is 0 Å². The largest absolute Gasteiger partial charge is 0.343 e. The average molecular weight is 669 g/mol. The molecule has 1 aromatic heterocycles. The van der Waals surface area contributed by atoms with Crippen LogP contribution in [0.3, 0.4) is 0 Å². The Morgan fingerprint density at radius 2 is 1.61 bits per heavy atom. The molecule has 3 saturated heterocycles. The van der Waals surface area contributed by atoms with E-state index in [1.807, 2.05) is 39.1 Å². The molecular weight excluding hydrogens is 616 g/mol. The minimum absolute atomic E-state index is 0.0388. The molecule has 49 heavy (non-hydrogen) atoms. The quantitative estimate of drug-likeness (QED) is 0.376. The molecule has 2 aromatic carbocycles. The molecule has 262 valence electrons. The molecule has 0 radical (unpaired) electrons. The Bertz CT molecular complexity index is 1630. The van der Waals surface area contributed by atoms with Crippen LogP contribution in [0.5, 0.6) is 0 Å². The summed E-state index contributed by atoms with van der Waals surface area (Å²) in [5, 5.41) is 11.5. The van der Waals surface area contributed by atoms with Crippen molar-refractivity contribution in [2.24, 2.45) is 5.92 Å². The highest BCUT2D eigenvalue weighted by atomic mass is 16.2.